The maximum atomic E-state index is 10.1. The van der Waals surface area contributed by atoms with Crippen LogP contribution in [0.4, 0.5) is 0 Å². The Morgan fingerprint density at radius 1 is 0.821 bits per heavy atom. The Bertz CT molecular complexity index is 817. The predicted octanol–water partition coefficient (Wildman–Crippen LogP) is 0.447. The monoisotopic (exact) mass is 390 g/mol. The SMILES string of the molecule is OCC1O[C@@H](Oc2cc(O)cc(C=Cc3ccc(O)cc3)c2)C(O)C(O)[C@@H]1O. The smallest absolute Gasteiger partial charge is 0.229 e. The van der Waals surface area contributed by atoms with Crippen LogP contribution in [0.5, 0.6) is 17.2 Å². The van der Waals surface area contributed by atoms with Gasteiger partial charge in [-0.15, -0.1) is 0 Å². The van der Waals surface area contributed by atoms with E-state index < -0.39 is 37.3 Å². The first-order chi connectivity index (χ1) is 13.4. The minimum atomic E-state index is -1.55. The summed E-state index contributed by atoms with van der Waals surface area (Å²) in [5.74, 6) is 0.229. The van der Waals surface area contributed by atoms with Crippen LogP contribution in [0.25, 0.3) is 12.2 Å². The van der Waals surface area contributed by atoms with Crippen LogP contribution in [0.2, 0.25) is 0 Å². The van der Waals surface area contributed by atoms with Gasteiger partial charge in [0, 0.05) is 6.07 Å². The third kappa shape index (κ3) is 4.61. The van der Waals surface area contributed by atoms with E-state index in [-0.39, 0.29) is 17.2 Å². The summed E-state index contributed by atoms with van der Waals surface area (Å²) in [6.07, 6.45) is -3.52. The van der Waals surface area contributed by atoms with Crippen LogP contribution >= 0.6 is 0 Å². The average molecular weight is 390 g/mol. The van der Waals surface area contributed by atoms with Gasteiger partial charge in [-0.05, 0) is 35.4 Å². The Hall–Kier alpha value is -2.62. The first kappa shape index (κ1) is 20.1. The topological polar surface area (TPSA) is 140 Å². The highest BCUT2D eigenvalue weighted by Gasteiger charge is 2.44. The van der Waals surface area contributed by atoms with Crippen molar-refractivity contribution in [3.63, 3.8) is 0 Å². The Labute approximate surface area is 161 Å². The molecule has 1 saturated heterocycles. The second kappa shape index (κ2) is 8.59. The predicted molar refractivity (Wildman–Crippen MR) is 99.5 cm³/mol. The Balaban J connectivity index is 1.76. The third-order valence-corrected chi connectivity index (χ3v) is 4.38. The molecule has 0 aliphatic carbocycles. The molecule has 2 aromatic rings. The van der Waals surface area contributed by atoms with E-state index in [1.165, 1.54) is 12.1 Å². The quantitative estimate of drug-likeness (QED) is 0.405. The van der Waals surface area contributed by atoms with Crippen molar-refractivity contribution in [2.24, 2.45) is 0 Å². The molecule has 150 valence electrons. The number of aliphatic hydroxyl groups excluding tert-OH is 4. The Morgan fingerprint density at radius 3 is 2.18 bits per heavy atom. The Kier molecular flexibility index (Phi) is 6.18. The van der Waals surface area contributed by atoms with Crippen molar-refractivity contribution in [3.8, 4) is 17.2 Å². The van der Waals surface area contributed by atoms with Crippen LogP contribution in [0.3, 0.4) is 0 Å². The number of aliphatic hydroxyl groups is 4. The first-order valence-corrected chi connectivity index (χ1v) is 8.65. The fraction of sp³-hybridized carbons (Fsp3) is 0.300. The lowest BCUT2D eigenvalue weighted by molar-refractivity contribution is -0.277. The molecule has 1 fully saturated rings. The molecule has 8 heteroatoms. The molecular formula is C20H22O8. The average Bonchev–Trinajstić information content (AvgIpc) is 2.67. The van der Waals surface area contributed by atoms with Crippen LogP contribution in [0.1, 0.15) is 11.1 Å². The van der Waals surface area contributed by atoms with Crippen molar-refractivity contribution in [1.82, 2.24) is 0 Å². The summed E-state index contributed by atoms with van der Waals surface area (Å²) < 4.78 is 10.8. The molecule has 0 spiro atoms. The standard InChI is InChI=1S/C20H22O8/c21-10-16-17(24)18(25)19(26)20(28-16)27-15-8-12(7-14(23)9-15)2-1-11-3-5-13(22)6-4-11/h1-9,16-26H,10H2/t16?,17-,18?,19?,20-/m1/s1. The van der Waals surface area contributed by atoms with Gasteiger partial charge in [-0.1, -0.05) is 24.3 Å². The molecule has 0 radical (unpaired) electrons. The molecule has 1 heterocycles. The molecule has 3 unspecified atom stereocenters. The van der Waals surface area contributed by atoms with E-state index in [9.17, 15) is 30.6 Å². The summed E-state index contributed by atoms with van der Waals surface area (Å²) >= 11 is 0. The van der Waals surface area contributed by atoms with E-state index >= 15 is 0 Å². The number of benzene rings is 2. The number of aromatic hydroxyl groups is 2. The number of ether oxygens (including phenoxy) is 2. The highest BCUT2D eigenvalue weighted by molar-refractivity contribution is 5.71. The largest absolute Gasteiger partial charge is 0.508 e. The first-order valence-electron chi connectivity index (χ1n) is 8.65. The minimum Gasteiger partial charge on any atom is -0.508 e. The van der Waals surface area contributed by atoms with Crippen molar-refractivity contribution >= 4 is 12.2 Å². The lowest BCUT2D eigenvalue weighted by Gasteiger charge is -2.39. The van der Waals surface area contributed by atoms with Gasteiger partial charge in [0.1, 0.15) is 41.7 Å². The minimum absolute atomic E-state index is 0.0903. The lowest BCUT2D eigenvalue weighted by Crippen LogP contribution is -2.60. The highest BCUT2D eigenvalue weighted by Crippen LogP contribution is 2.28. The van der Waals surface area contributed by atoms with Gasteiger partial charge in [0.2, 0.25) is 6.29 Å². The molecule has 6 N–H and O–H groups in total. The van der Waals surface area contributed by atoms with Crippen LogP contribution < -0.4 is 4.74 Å². The van der Waals surface area contributed by atoms with Crippen molar-refractivity contribution in [3.05, 3.63) is 53.6 Å². The third-order valence-electron chi connectivity index (χ3n) is 4.38. The molecular weight excluding hydrogens is 368 g/mol. The second-order valence-electron chi connectivity index (χ2n) is 6.50. The van der Waals surface area contributed by atoms with Gasteiger partial charge in [0.15, 0.2) is 0 Å². The zero-order valence-electron chi connectivity index (χ0n) is 14.8. The van der Waals surface area contributed by atoms with E-state index in [0.717, 1.165) is 5.56 Å². The van der Waals surface area contributed by atoms with Crippen molar-refractivity contribution in [1.29, 1.82) is 0 Å². The number of hydrogen-bond acceptors (Lipinski definition) is 8. The number of hydrogen-bond donors (Lipinski definition) is 6. The van der Waals surface area contributed by atoms with E-state index in [4.69, 9.17) is 9.47 Å². The molecule has 0 aromatic heterocycles. The van der Waals surface area contributed by atoms with Gasteiger partial charge in [0.25, 0.3) is 0 Å². The number of phenols is 2. The second-order valence-corrected chi connectivity index (χ2v) is 6.50. The van der Waals surface area contributed by atoms with E-state index in [2.05, 4.69) is 0 Å². The number of rotatable bonds is 5. The summed E-state index contributed by atoms with van der Waals surface area (Å²) in [4.78, 5) is 0. The van der Waals surface area contributed by atoms with Crippen LogP contribution in [0.15, 0.2) is 42.5 Å². The molecule has 0 amide bonds. The summed E-state index contributed by atoms with van der Waals surface area (Å²) in [5, 5.41) is 58.2. The highest BCUT2D eigenvalue weighted by atomic mass is 16.7. The molecule has 8 nitrogen and oxygen atoms in total. The molecule has 28 heavy (non-hydrogen) atoms. The van der Waals surface area contributed by atoms with Gasteiger partial charge < -0.3 is 40.1 Å². The van der Waals surface area contributed by atoms with Crippen molar-refractivity contribution in [2.75, 3.05) is 6.61 Å². The summed E-state index contributed by atoms with van der Waals surface area (Å²) in [5.41, 5.74) is 1.42. The molecule has 1 aliphatic heterocycles. The van der Waals surface area contributed by atoms with E-state index in [1.807, 2.05) is 0 Å². The molecule has 2 aromatic carbocycles. The summed E-state index contributed by atoms with van der Waals surface area (Å²) in [6, 6.07) is 10.9. The van der Waals surface area contributed by atoms with E-state index in [0.29, 0.717) is 5.56 Å². The van der Waals surface area contributed by atoms with Gasteiger partial charge in [-0.25, -0.2) is 0 Å². The zero-order valence-corrected chi connectivity index (χ0v) is 14.8. The summed E-state index contributed by atoms with van der Waals surface area (Å²) in [7, 11) is 0. The van der Waals surface area contributed by atoms with E-state index in [1.54, 1.807) is 42.5 Å². The fourth-order valence-electron chi connectivity index (χ4n) is 2.85. The molecule has 5 atom stereocenters. The maximum absolute atomic E-state index is 10.1. The lowest BCUT2D eigenvalue weighted by atomic mass is 9.99. The van der Waals surface area contributed by atoms with Gasteiger partial charge >= 0.3 is 0 Å². The van der Waals surface area contributed by atoms with Crippen LogP contribution in [-0.2, 0) is 4.74 Å². The van der Waals surface area contributed by atoms with Gasteiger partial charge in [-0.3, -0.25) is 0 Å². The number of phenolic OH excluding ortho intramolecular Hbond substituents is 2. The molecule has 3 rings (SSSR count). The molecule has 0 bridgehead atoms. The summed E-state index contributed by atoms with van der Waals surface area (Å²) in [6.45, 7) is -0.564. The zero-order chi connectivity index (χ0) is 20.3. The fourth-order valence-corrected chi connectivity index (χ4v) is 2.85. The van der Waals surface area contributed by atoms with Crippen LogP contribution in [0, 0.1) is 0 Å². The van der Waals surface area contributed by atoms with Crippen LogP contribution in [-0.4, -0.2) is 68.0 Å². The molecule has 1 aliphatic rings. The Morgan fingerprint density at radius 2 is 1.50 bits per heavy atom. The van der Waals surface area contributed by atoms with Crippen molar-refractivity contribution in [2.45, 2.75) is 30.7 Å². The normalized spacial score (nSPS) is 27.8. The maximum Gasteiger partial charge on any atom is 0.229 e. The van der Waals surface area contributed by atoms with Gasteiger partial charge in [0.05, 0.1) is 6.61 Å². The van der Waals surface area contributed by atoms with Crippen molar-refractivity contribution < 1.29 is 40.1 Å². The van der Waals surface area contributed by atoms with Gasteiger partial charge in [-0.2, -0.15) is 0 Å². The molecule has 0 saturated carbocycles.